The molecule has 0 aliphatic carbocycles. The van der Waals surface area contributed by atoms with Crippen LogP contribution in [0.4, 0.5) is 13.2 Å². The molecule has 0 radical (unpaired) electrons. The third-order valence-electron chi connectivity index (χ3n) is 2.79. The number of alkyl halides is 3. The van der Waals surface area contributed by atoms with Gasteiger partial charge in [0, 0.05) is 17.8 Å². The molecular weight excluding hydrogens is 333 g/mol. The van der Waals surface area contributed by atoms with Crippen molar-refractivity contribution >= 4 is 17.5 Å². The molecule has 0 bridgehead atoms. The van der Waals surface area contributed by atoms with Gasteiger partial charge in [0.25, 0.3) is 5.91 Å². The van der Waals surface area contributed by atoms with Gasteiger partial charge in [-0.25, -0.2) is 4.98 Å². The highest BCUT2D eigenvalue weighted by atomic mass is 35.5. The first-order valence-corrected chi connectivity index (χ1v) is 6.91. The Hall–Kier alpha value is -2.28. The quantitative estimate of drug-likeness (QED) is 0.901. The SMILES string of the molecule is O=C(NCc1ccccc1Cl)c1cccnc1OCC(F)(F)F. The lowest BCUT2D eigenvalue weighted by atomic mass is 10.2. The minimum Gasteiger partial charge on any atom is -0.467 e. The summed E-state index contributed by atoms with van der Waals surface area (Å²) < 4.78 is 41.2. The third kappa shape index (κ3) is 5.14. The van der Waals surface area contributed by atoms with Crippen molar-refractivity contribution < 1.29 is 22.7 Å². The molecule has 1 aromatic carbocycles. The van der Waals surface area contributed by atoms with Gasteiger partial charge < -0.3 is 10.1 Å². The molecule has 122 valence electrons. The maximum absolute atomic E-state index is 12.2. The smallest absolute Gasteiger partial charge is 0.422 e. The highest BCUT2D eigenvalue weighted by Crippen LogP contribution is 2.20. The number of nitrogens with zero attached hydrogens (tertiary/aromatic N) is 1. The molecule has 2 rings (SSSR count). The Kier molecular flexibility index (Phi) is 5.44. The fourth-order valence-electron chi connectivity index (χ4n) is 1.74. The second-order valence-corrected chi connectivity index (χ2v) is 4.94. The molecule has 1 aromatic heterocycles. The van der Waals surface area contributed by atoms with Crippen LogP contribution in [0.5, 0.6) is 5.88 Å². The summed E-state index contributed by atoms with van der Waals surface area (Å²) in [6.45, 7) is -1.39. The number of amides is 1. The van der Waals surface area contributed by atoms with Gasteiger partial charge >= 0.3 is 6.18 Å². The van der Waals surface area contributed by atoms with E-state index in [1.807, 2.05) is 0 Å². The normalized spacial score (nSPS) is 11.1. The predicted molar refractivity (Wildman–Crippen MR) is 78.4 cm³/mol. The Morgan fingerprint density at radius 1 is 1.22 bits per heavy atom. The molecule has 0 aliphatic heterocycles. The van der Waals surface area contributed by atoms with Crippen LogP contribution in [0.1, 0.15) is 15.9 Å². The number of carbonyl (C=O) groups excluding carboxylic acids is 1. The number of aromatic nitrogens is 1. The van der Waals surface area contributed by atoms with Gasteiger partial charge in [-0.2, -0.15) is 13.2 Å². The zero-order chi connectivity index (χ0) is 16.9. The summed E-state index contributed by atoms with van der Waals surface area (Å²) in [6.07, 6.45) is -3.26. The average Bonchev–Trinajstić information content (AvgIpc) is 2.51. The Balaban J connectivity index is 2.06. The number of ether oxygens (including phenoxy) is 1. The van der Waals surface area contributed by atoms with Gasteiger partial charge in [0.2, 0.25) is 5.88 Å². The average molecular weight is 345 g/mol. The van der Waals surface area contributed by atoms with E-state index in [1.54, 1.807) is 24.3 Å². The summed E-state index contributed by atoms with van der Waals surface area (Å²) in [6, 6.07) is 9.68. The molecule has 1 N–H and O–H groups in total. The molecule has 8 heteroatoms. The molecular formula is C15H12ClF3N2O2. The Labute approximate surface area is 135 Å². The van der Waals surface area contributed by atoms with Gasteiger partial charge in [0.05, 0.1) is 0 Å². The van der Waals surface area contributed by atoms with Crippen LogP contribution >= 0.6 is 11.6 Å². The monoisotopic (exact) mass is 344 g/mol. The van der Waals surface area contributed by atoms with Crippen molar-refractivity contribution in [1.29, 1.82) is 0 Å². The standard InChI is InChI=1S/C15H12ClF3N2O2/c16-12-6-2-1-4-10(12)8-21-13(22)11-5-3-7-20-14(11)23-9-15(17,18)19/h1-7H,8-9H2,(H,21,22). The van der Waals surface area contributed by atoms with Crippen LogP contribution in [0.3, 0.4) is 0 Å². The van der Waals surface area contributed by atoms with Crippen molar-refractivity contribution in [3.63, 3.8) is 0 Å². The maximum atomic E-state index is 12.2. The van der Waals surface area contributed by atoms with Gasteiger partial charge in [0.1, 0.15) is 5.56 Å². The van der Waals surface area contributed by atoms with E-state index >= 15 is 0 Å². The van der Waals surface area contributed by atoms with E-state index in [2.05, 4.69) is 15.0 Å². The first-order valence-electron chi connectivity index (χ1n) is 6.53. The number of pyridine rings is 1. The van der Waals surface area contributed by atoms with Gasteiger partial charge in [-0.05, 0) is 23.8 Å². The van der Waals surface area contributed by atoms with E-state index in [4.69, 9.17) is 11.6 Å². The van der Waals surface area contributed by atoms with Crippen molar-refractivity contribution in [3.05, 3.63) is 58.7 Å². The van der Waals surface area contributed by atoms with E-state index in [0.29, 0.717) is 10.6 Å². The minimum absolute atomic E-state index is 0.0798. The Morgan fingerprint density at radius 2 is 1.96 bits per heavy atom. The minimum atomic E-state index is -4.51. The number of hydrogen-bond donors (Lipinski definition) is 1. The molecule has 1 amide bonds. The molecule has 0 spiro atoms. The van der Waals surface area contributed by atoms with Gasteiger partial charge in [0.15, 0.2) is 6.61 Å². The van der Waals surface area contributed by atoms with Crippen molar-refractivity contribution in [2.24, 2.45) is 0 Å². The summed E-state index contributed by atoms with van der Waals surface area (Å²) in [5.41, 5.74) is 0.605. The van der Waals surface area contributed by atoms with Crippen LogP contribution in [0.15, 0.2) is 42.6 Å². The van der Waals surface area contributed by atoms with Crippen molar-refractivity contribution in [1.82, 2.24) is 10.3 Å². The van der Waals surface area contributed by atoms with Crippen LogP contribution in [0.2, 0.25) is 5.02 Å². The van der Waals surface area contributed by atoms with Gasteiger partial charge in [-0.3, -0.25) is 4.79 Å². The van der Waals surface area contributed by atoms with Crippen molar-refractivity contribution in [2.45, 2.75) is 12.7 Å². The fraction of sp³-hybridized carbons (Fsp3) is 0.200. The van der Waals surface area contributed by atoms with E-state index in [-0.39, 0.29) is 18.0 Å². The zero-order valence-electron chi connectivity index (χ0n) is 11.7. The second kappa shape index (κ2) is 7.32. The molecule has 0 saturated heterocycles. The van der Waals surface area contributed by atoms with Crippen LogP contribution in [-0.4, -0.2) is 23.7 Å². The number of carbonyl (C=O) groups is 1. The summed E-state index contributed by atoms with van der Waals surface area (Å²) in [4.78, 5) is 15.8. The number of rotatable bonds is 5. The summed E-state index contributed by atoms with van der Waals surface area (Å²) in [7, 11) is 0. The molecule has 0 saturated carbocycles. The molecule has 1 heterocycles. The first kappa shape index (κ1) is 17.1. The number of benzene rings is 1. The second-order valence-electron chi connectivity index (χ2n) is 4.53. The lowest BCUT2D eigenvalue weighted by Crippen LogP contribution is -2.25. The molecule has 0 aliphatic rings. The molecule has 0 fully saturated rings. The zero-order valence-corrected chi connectivity index (χ0v) is 12.5. The third-order valence-corrected chi connectivity index (χ3v) is 3.15. The van der Waals surface area contributed by atoms with E-state index in [1.165, 1.54) is 18.3 Å². The number of halogens is 4. The highest BCUT2D eigenvalue weighted by molar-refractivity contribution is 6.31. The molecule has 23 heavy (non-hydrogen) atoms. The van der Waals surface area contributed by atoms with Gasteiger partial charge in [-0.1, -0.05) is 29.8 Å². The first-order chi connectivity index (χ1) is 10.9. The van der Waals surface area contributed by atoms with Crippen LogP contribution in [-0.2, 0) is 6.54 Å². The Morgan fingerprint density at radius 3 is 2.65 bits per heavy atom. The van der Waals surface area contributed by atoms with E-state index in [9.17, 15) is 18.0 Å². The fourth-order valence-corrected chi connectivity index (χ4v) is 1.94. The summed E-state index contributed by atoms with van der Waals surface area (Å²) in [5, 5.41) is 3.05. The van der Waals surface area contributed by atoms with Crippen molar-refractivity contribution in [2.75, 3.05) is 6.61 Å². The molecule has 0 unspecified atom stereocenters. The van der Waals surface area contributed by atoms with E-state index < -0.39 is 18.7 Å². The lowest BCUT2D eigenvalue weighted by Gasteiger charge is -2.12. The topological polar surface area (TPSA) is 51.2 Å². The molecule has 2 aromatic rings. The maximum Gasteiger partial charge on any atom is 0.422 e. The Bertz CT molecular complexity index is 692. The largest absolute Gasteiger partial charge is 0.467 e. The highest BCUT2D eigenvalue weighted by Gasteiger charge is 2.29. The van der Waals surface area contributed by atoms with Gasteiger partial charge in [-0.15, -0.1) is 0 Å². The van der Waals surface area contributed by atoms with Crippen LogP contribution in [0, 0.1) is 0 Å². The number of nitrogens with one attached hydrogen (secondary N) is 1. The number of hydrogen-bond acceptors (Lipinski definition) is 3. The van der Waals surface area contributed by atoms with Crippen LogP contribution in [0.25, 0.3) is 0 Å². The van der Waals surface area contributed by atoms with E-state index in [0.717, 1.165) is 0 Å². The van der Waals surface area contributed by atoms with Crippen LogP contribution < -0.4 is 10.1 Å². The summed E-state index contributed by atoms with van der Waals surface area (Å²) >= 11 is 5.97. The predicted octanol–water partition coefficient (Wildman–Crippen LogP) is 3.61. The molecule has 4 nitrogen and oxygen atoms in total. The van der Waals surface area contributed by atoms with Crippen molar-refractivity contribution in [3.8, 4) is 5.88 Å². The lowest BCUT2D eigenvalue weighted by molar-refractivity contribution is -0.154. The summed E-state index contributed by atoms with van der Waals surface area (Å²) in [5.74, 6) is -0.975. The molecule has 0 atom stereocenters.